The first kappa shape index (κ1) is 7.69. The van der Waals surface area contributed by atoms with Crippen molar-refractivity contribution in [2.24, 2.45) is 0 Å². The molecule has 0 spiro atoms. The molecule has 48 valence electrons. The highest BCUT2D eigenvalue weighted by Gasteiger charge is 2.10. The van der Waals surface area contributed by atoms with Gasteiger partial charge in [0.05, 0.1) is 6.26 Å². The molecule has 0 unspecified atom stereocenters. The number of phosphoric acid groups is 1. The summed E-state index contributed by atoms with van der Waals surface area (Å²) in [5.74, 6) is 0. The topological polar surface area (TPSA) is 66.8 Å². The first-order chi connectivity index (χ1) is 3.56. The van der Waals surface area contributed by atoms with Gasteiger partial charge in [0.1, 0.15) is 0 Å². The van der Waals surface area contributed by atoms with Crippen LogP contribution in [-0.2, 0) is 9.09 Å². The third-order valence-corrected chi connectivity index (χ3v) is 0.731. The zero-order valence-electron chi connectivity index (χ0n) is 4.31. The maximum absolute atomic E-state index is 9.81. The Bertz CT molecular complexity index is 123. The van der Waals surface area contributed by atoms with E-state index in [1.54, 1.807) is 6.92 Å². The van der Waals surface area contributed by atoms with Gasteiger partial charge in [-0.05, 0) is 6.92 Å². The van der Waals surface area contributed by atoms with Crippen LogP contribution < -0.4 is 0 Å². The molecule has 0 saturated heterocycles. The minimum absolute atomic E-state index is 0.945. The van der Waals surface area contributed by atoms with Crippen LogP contribution in [0.15, 0.2) is 12.3 Å². The Morgan fingerprint density at radius 1 is 1.62 bits per heavy atom. The molecule has 2 N–H and O–H groups in total. The molecule has 0 atom stereocenters. The van der Waals surface area contributed by atoms with Gasteiger partial charge in [-0.1, -0.05) is 6.08 Å². The number of phosphoric ester groups is 1. The highest BCUT2D eigenvalue weighted by molar-refractivity contribution is 7.46. The summed E-state index contributed by atoms with van der Waals surface area (Å²) >= 11 is 0. The van der Waals surface area contributed by atoms with Crippen molar-refractivity contribution < 1.29 is 18.9 Å². The summed E-state index contributed by atoms with van der Waals surface area (Å²) in [6.07, 6.45) is 2.33. The third kappa shape index (κ3) is 5.69. The van der Waals surface area contributed by atoms with Crippen molar-refractivity contribution in [3.63, 3.8) is 0 Å². The zero-order chi connectivity index (χ0) is 6.62. The Labute approximate surface area is 47.0 Å². The summed E-state index contributed by atoms with van der Waals surface area (Å²) in [6.45, 7) is 1.59. The maximum Gasteiger partial charge on any atom is 0.524 e. The van der Waals surface area contributed by atoms with Gasteiger partial charge in [-0.2, -0.15) is 0 Å². The van der Waals surface area contributed by atoms with Crippen molar-refractivity contribution >= 4 is 7.82 Å². The van der Waals surface area contributed by atoms with E-state index in [1.165, 1.54) is 6.08 Å². The largest absolute Gasteiger partial charge is 0.524 e. The minimum Gasteiger partial charge on any atom is -0.413 e. The average Bonchev–Trinajstić information content (AvgIpc) is 1.59. The fourth-order valence-corrected chi connectivity index (χ4v) is 0.420. The fourth-order valence-electron chi connectivity index (χ4n) is 0.140. The van der Waals surface area contributed by atoms with Crippen molar-refractivity contribution in [2.45, 2.75) is 6.92 Å². The zero-order valence-corrected chi connectivity index (χ0v) is 5.21. The number of allylic oxidation sites excluding steroid dienone is 1. The summed E-state index contributed by atoms with van der Waals surface area (Å²) in [5, 5.41) is 0. The Morgan fingerprint density at radius 2 is 2.12 bits per heavy atom. The average molecular weight is 138 g/mol. The van der Waals surface area contributed by atoms with Gasteiger partial charge in [0.2, 0.25) is 0 Å². The molecule has 0 aliphatic heterocycles. The van der Waals surface area contributed by atoms with Crippen molar-refractivity contribution in [1.29, 1.82) is 0 Å². The van der Waals surface area contributed by atoms with E-state index in [0.717, 1.165) is 6.26 Å². The molecular formula is C3H7O4P. The van der Waals surface area contributed by atoms with Crippen LogP contribution in [0.3, 0.4) is 0 Å². The summed E-state index contributed by atoms with van der Waals surface area (Å²) < 4.78 is 13.7. The molecule has 0 saturated carbocycles. The highest BCUT2D eigenvalue weighted by atomic mass is 31.2. The van der Waals surface area contributed by atoms with E-state index in [9.17, 15) is 4.57 Å². The lowest BCUT2D eigenvalue weighted by atomic mass is 10.8. The van der Waals surface area contributed by atoms with Gasteiger partial charge in [-0.25, -0.2) is 4.57 Å². The fraction of sp³-hybridized carbons (Fsp3) is 0.333. The second kappa shape index (κ2) is 2.87. The molecule has 0 amide bonds. The van der Waals surface area contributed by atoms with Gasteiger partial charge in [0, 0.05) is 0 Å². The quantitative estimate of drug-likeness (QED) is 0.433. The molecular weight excluding hydrogens is 131 g/mol. The van der Waals surface area contributed by atoms with Gasteiger partial charge >= 0.3 is 7.82 Å². The minimum atomic E-state index is -4.27. The molecule has 8 heavy (non-hydrogen) atoms. The van der Waals surface area contributed by atoms with Crippen LogP contribution in [0, 0.1) is 0 Å². The predicted octanol–water partition coefficient (Wildman–Crippen LogP) is 0.629. The van der Waals surface area contributed by atoms with Crippen LogP contribution in [0.4, 0.5) is 0 Å². The molecule has 0 fully saturated rings. The molecule has 5 heteroatoms. The standard InChI is InChI=1S/C3H7O4P/c1-2-3-7-8(4,5)6/h2-3H,1H3,(H2,4,5,6)/b3-2+. The third-order valence-electron chi connectivity index (χ3n) is 0.334. The lowest BCUT2D eigenvalue weighted by molar-refractivity contribution is 0.258. The van der Waals surface area contributed by atoms with Gasteiger partial charge in [-0.3, -0.25) is 9.79 Å². The van der Waals surface area contributed by atoms with Crippen LogP contribution in [0.2, 0.25) is 0 Å². The molecule has 0 aliphatic carbocycles. The summed E-state index contributed by atoms with van der Waals surface area (Å²) in [6, 6.07) is 0. The lowest BCUT2D eigenvalue weighted by Crippen LogP contribution is -1.76. The Hall–Kier alpha value is -0.310. The van der Waals surface area contributed by atoms with E-state index in [1.807, 2.05) is 0 Å². The van der Waals surface area contributed by atoms with E-state index in [-0.39, 0.29) is 0 Å². The van der Waals surface area contributed by atoms with E-state index >= 15 is 0 Å². The Balaban J connectivity index is 3.57. The molecule has 0 aromatic carbocycles. The molecule has 0 rings (SSSR count). The normalized spacial score (nSPS) is 12.4. The smallest absolute Gasteiger partial charge is 0.413 e. The summed E-state index contributed by atoms with van der Waals surface area (Å²) in [4.78, 5) is 16.0. The lowest BCUT2D eigenvalue weighted by Gasteiger charge is -1.97. The number of hydrogen-bond donors (Lipinski definition) is 2. The Morgan fingerprint density at radius 3 is 2.25 bits per heavy atom. The predicted molar refractivity (Wildman–Crippen MR) is 27.9 cm³/mol. The molecule has 0 bridgehead atoms. The highest BCUT2D eigenvalue weighted by Crippen LogP contribution is 2.35. The SMILES string of the molecule is C/C=C/OP(=O)(O)O. The van der Waals surface area contributed by atoms with Crippen molar-refractivity contribution in [3.8, 4) is 0 Å². The van der Waals surface area contributed by atoms with Crippen molar-refractivity contribution in [3.05, 3.63) is 12.3 Å². The second-order valence-corrected chi connectivity index (χ2v) is 2.26. The van der Waals surface area contributed by atoms with Crippen LogP contribution in [0.1, 0.15) is 6.92 Å². The van der Waals surface area contributed by atoms with Gasteiger partial charge in [0.25, 0.3) is 0 Å². The van der Waals surface area contributed by atoms with Crippen LogP contribution in [-0.4, -0.2) is 9.79 Å². The van der Waals surface area contributed by atoms with Crippen molar-refractivity contribution in [2.75, 3.05) is 0 Å². The first-order valence-electron chi connectivity index (χ1n) is 1.91. The van der Waals surface area contributed by atoms with Gasteiger partial charge < -0.3 is 4.52 Å². The van der Waals surface area contributed by atoms with Gasteiger partial charge in [-0.15, -0.1) is 0 Å². The summed E-state index contributed by atoms with van der Waals surface area (Å²) in [5.41, 5.74) is 0. The van der Waals surface area contributed by atoms with Gasteiger partial charge in [0.15, 0.2) is 0 Å². The first-order valence-corrected chi connectivity index (χ1v) is 3.44. The van der Waals surface area contributed by atoms with E-state index in [2.05, 4.69) is 4.52 Å². The maximum atomic E-state index is 9.81. The molecule has 0 aliphatic rings. The monoisotopic (exact) mass is 138 g/mol. The molecule has 0 radical (unpaired) electrons. The number of rotatable bonds is 2. The van der Waals surface area contributed by atoms with Crippen LogP contribution in [0.5, 0.6) is 0 Å². The van der Waals surface area contributed by atoms with Crippen LogP contribution in [0.25, 0.3) is 0 Å². The van der Waals surface area contributed by atoms with E-state index in [0.29, 0.717) is 0 Å². The number of hydrogen-bond acceptors (Lipinski definition) is 2. The van der Waals surface area contributed by atoms with E-state index < -0.39 is 7.82 Å². The summed E-state index contributed by atoms with van der Waals surface area (Å²) in [7, 11) is -4.27. The molecule has 4 nitrogen and oxygen atoms in total. The molecule has 0 aromatic rings. The Kier molecular flexibility index (Phi) is 2.76. The molecule has 0 heterocycles. The van der Waals surface area contributed by atoms with Crippen molar-refractivity contribution in [1.82, 2.24) is 0 Å². The molecule has 0 aromatic heterocycles. The second-order valence-electron chi connectivity index (χ2n) is 1.07. The van der Waals surface area contributed by atoms with Crippen LogP contribution >= 0.6 is 7.82 Å². The van der Waals surface area contributed by atoms with E-state index in [4.69, 9.17) is 9.79 Å².